The van der Waals surface area contributed by atoms with Crippen LogP contribution < -0.4 is 0 Å². The highest BCUT2D eigenvalue weighted by atomic mass is 15.3. The molecule has 1 aromatic rings. The first-order chi connectivity index (χ1) is 6.15. The summed E-state index contributed by atoms with van der Waals surface area (Å²) >= 11 is 0. The van der Waals surface area contributed by atoms with Crippen LogP contribution in [0.25, 0.3) is 0 Å². The van der Waals surface area contributed by atoms with Gasteiger partial charge in [-0.1, -0.05) is 27.7 Å². The van der Waals surface area contributed by atoms with Crippen LogP contribution in [-0.2, 0) is 6.54 Å². The molecule has 0 amide bonds. The molecule has 13 heavy (non-hydrogen) atoms. The molecule has 0 aliphatic heterocycles. The smallest absolute Gasteiger partial charge is 0.0596 e. The van der Waals surface area contributed by atoms with Gasteiger partial charge >= 0.3 is 0 Å². The fourth-order valence-electron chi connectivity index (χ4n) is 1.28. The third-order valence-corrected chi connectivity index (χ3v) is 1.82. The van der Waals surface area contributed by atoms with E-state index in [4.69, 9.17) is 0 Å². The molecule has 0 aliphatic rings. The average Bonchev–Trinajstić information content (AvgIpc) is 2.50. The summed E-state index contributed by atoms with van der Waals surface area (Å²) in [5.41, 5.74) is 2.46. The van der Waals surface area contributed by atoms with Gasteiger partial charge < -0.3 is 0 Å². The van der Waals surface area contributed by atoms with Gasteiger partial charge in [-0.15, -0.1) is 0 Å². The van der Waals surface area contributed by atoms with Crippen molar-refractivity contribution in [1.82, 2.24) is 9.78 Å². The second-order valence-corrected chi connectivity index (χ2v) is 3.18. The van der Waals surface area contributed by atoms with Crippen LogP contribution in [0.2, 0.25) is 0 Å². The maximum atomic E-state index is 4.37. The first-order valence-electron chi connectivity index (χ1n) is 5.19. The highest BCUT2D eigenvalue weighted by Crippen LogP contribution is 2.14. The summed E-state index contributed by atoms with van der Waals surface area (Å²) in [4.78, 5) is 0. The summed E-state index contributed by atoms with van der Waals surface area (Å²) < 4.78 is 2.07. The van der Waals surface area contributed by atoms with Gasteiger partial charge in [0.15, 0.2) is 0 Å². The predicted molar refractivity (Wildman–Crippen MR) is 58.1 cm³/mol. The van der Waals surface area contributed by atoms with Gasteiger partial charge in [-0.3, -0.25) is 4.68 Å². The number of aromatic nitrogens is 2. The van der Waals surface area contributed by atoms with Crippen LogP contribution in [-0.4, -0.2) is 9.78 Å². The number of rotatable bonds is 2. The van der Waals surface area contributed by atoms with E-state index in [0.29, 0.717) is 5.92 Å². The van der Waals surface area contributed by atoms with Crippen molar-refractivity contribution >= 4 is 0 Å². The molecule has 2 nitrogen and oxygen atoms in total. The van der Waals surface area contributed by atoms with Gasteiger partial charge in [0.2, 0.25) is 0 Å². The molecule has 0 bridgehead atoms. The lowest BCUT2D eigenvalue weighted by molar-refractivity contribution is 0.595. The maximum absolute atomic E-state index is 4.37. The fourth-order valence-corrected chi connectivity index (χ4v) is 1.28. The second-order valence-electron chi connectivity index (χ2n) is 3.18. The van der Waals surface area contributed by atoms with E-state index in [1.165, 1.54) is 5.69 Å². The van der Waals surface area contributed by atoms with Gasteiger partial charge in [-0.05, 0) is 25.8 Å². The molecule has 0 atom stereocenters. The van der Waals surface area contributed by atoms with Gasteiger partial charge in [0.25, 0.3) is 0 Å². The van der Waals surface area contributed by atoms with Gasteiger partial charge in [-0.25, -0.2) is 0 Å². The number of aryl methyl sites for hydroxylation is 2. The van der Waals surface area contributed by atoms with Gasteiger partial charge in [0.1, 0.15) is 0 Å². The van der Waals surface area contributed by atoms with Crippen LogP contribution in [0, 0.1) is 6.92 Å². The van der Waals surface area contributed by atoms with E-state index in [1.54, 1.807) is 0 Å². The lowest BCUT2D eigenvalue weighted by Crippen LogP contribution is -2.03. The first-order valence-corrected chi connectivity index (χ1v) is 5.19. The Labute approximate surface area is 82.0 Å². The SMILES string of the molecule is CC.CCn1nc(C)cc1C(C)C. The zero-order valence-electron chi connectivity index (χ0n) is 9.76. The summed E-state index contributed by atoms with van der Waals surface area (Å²) in [5, 5.41) is 4.37. The molecule has 1 heterocycles. The molecule has 2 heteroatoms. The first kappa shape index (κ1) is 12.2. The molecule has 1 aromatic heterocycles. The molecule has 0 spiro atoms. The topological polar surface area (TPSA) is 17.8 Å². The number of hydrogen-bond donors (Lipinski definition) is 0. The Morgan fingerprint density at radius 3 is 2.23 bits per heavy atom. The Morgan fingerprint density at radius 2 is 1.92 bits per heavy atom. The lowest BCUT2D eigenvalue weighted by atomic mass is 10.1. The number of nitrogens with zero attached hydrogens (tertiary/aromatic N) is 2. The van der Waals surface area contributed by atoms with Crippen LogP contribution in [0.4, 0.5) is 0 Å². The number of hydrogen-bond acceptors (Lipinski definition) is 1. The summed E-state index contributed by atoms with van der Waals surface area (Å²) in [6.45, 7) is 13.5. The minimum atomic E-state index is 0.580. The maximum Gasteiger partial charge on any atom is 0.0596 e. The molecule has 0 unspecified atom stereocenters. The molecule has 1 rings (SSSR count). The van der Waals surface area contributed by atoms with Crippen molar-refractivity contribution in [3.63, 3.8) is 0 Å². The average molecular weight is 182 g/mol. The molecule has 0 radical (unpaired) electrons. The molecule has 0 fully saturated rings. The minimum Gasteiger partial charge on any atom is -0.269 e. The summed E-state index contributed by atoms with van der Waals surface area (Å²) in [6, 6.07) is 2.16. The van der Waals surface area contributed by atoms with E-state index in [9.17, 15) is 0 Å². The Kier molecular flexibility index (Phi) is 5.44. The fraction of sp³-hybridized carbons (Fsp3) is 0.727. The second kappa shape index (κ2) is 5.79. The van der Waals surface area contributed by atoms with Crippen LogP contribution in [0.1, 0.15) is 51.9 Å². The van der Waals surface area contributed by atoms with Crippen LogP contribution in [0.15, 0.2) is 6.07 Å². The standard InChI is InChI=1S/C9H16N2.C2H6/c1-5-11-9(7(2)3)6-8(4)10-11;1-2/h6-7H,5H2,1-4H3;1-2H3. The van der Waals surface area contributed by atoms with Gasteiger partial charge in [-0.2, -0.15) is 5.10 Å². The van der Waals surface area contributed by atoms with Crippen molar-refractivity contribution in [2.75, 3.05) is 0 Å². The molecule has 76 valence electrons. The van der Waals surface area contributed by atoms with Crippen LogP contribution in [0.5, 0.6) is 0 Å². The van der Waals surface area contributed by atoms with Crippen molar-refractivity contribution < 1.29 is 0 Å². The van der Waals surface area contributed by atoms with Crippen molar-refractivity contribution in [2.45, 2.75) is 54.0 Å². The molecule has 0 aliphatic carbocycles. The largest absolute Gasteiger partial charge is 0.269 e. The van der Waals surface area contributed by atoms with E-state index in [2.05, 4.69) is 36.6 Å². The van der Waals surface area contributed by atoms with E-state index in [0.717, 1.165) is 12.2 Å². The van der Waals surface area contributed by atoms with Crippen molar-refractivity contribution in [1.29, 1.82) is 0 Å². The summed E-state index contributed by atoms with van der Waals surface area (Å²) in [6.07, 6.45) is 0. The van der Waals surface area contributed by atoms with E-state index in [1.807, 2.05) is 20.8 Å². The zero-order valence-corrected chi connectivity index (χ0v) is 9.76. The third-order valence-electron chi connectivity index (χ3n) is 1.82. The Bertz CT molecular complexity index is 236. The molecule has 0 saturated carbocycles. The molecule has 0 N–H and O–H groups in total. The quantitative estimate of drug-likeness (QED) is 0.685. The highest BCUT2D eigenvalue weighted by Gasteiger charge is 2.06. The van der Waals surface area contributed by atoms with Crippen molar-refractivity contribution in [2.24, 2.45) is 0 Å². The third kappa shape index (κ3) is 3.21. The van der Waals surface area contributed by atoms with E-state index in [-0.39, 0.29) is 0 Å². The monoisotopic (exact) mass is 182 g/mol. The minimum absolute atomic E-state index is 0.580. The van der Waals surface area contributed by atoms with Crippen LogP contribution >= 0.6 is 0 Å². The van der Waals surface area contributed by atoms with Gasteiger partial charge in [0, 0.05) is 12.2 Å². The van der Waals surface area contributed by atoms with E-state index >= 15 is 0 Å². The summed E-state index contributed by atoms with van der Waals surface area (Å²) in [7, 11) is 0. The summed E-state index contributed by atoms with van der Waals surface area (Å²) in [5.74, 6) is 0.580. The Balaban J connectivity index is 0.000000671. The molecule has 0 saturated heterocycles. The molecular weight excluding hydrogens is 160 g/mol. The Hall–Kier alpha value is -0.790. The Morgan fingerprint density at radius 1 is 1.38 bits per heavy atom. The lowest BCUT2D eigenvalue weighted by Gasteiger charge is -2.06. The highest BCUT2D eigenvalue weighted by molar-refractivity contribution is 5.12. The predicted octanol–water partition coefficient (Wildman–Crippen LogP) is 3.36. The van der Waals surface area contributed by atoms with Crippen molar-refractivity contribution in [3.05, 3.63) is 17.5 Å². The molecular formula is C11H22N2. The van der Waals surface area contributed by atoms with Gasteiger partial charge in [0.05, 0.1) is 5.69 Å². The zero-order chi connectivity index (χ0) is 10.4. The van der Waals surface area contributed by atoms with E-state index < -0.39 is 0 Å². The van der Waals surface area contributed by atoms with Crippen molar-refractivity contribution in [3.8, 4) is 0 Å². The molecule has 0 aromatic carbocycles. The van der Waals surface area contributed by atoms with Crippen LogP contribution in [0.3, 0.4) is 0 Å². The normalized spacial score (nSPS) is 9.77.